The number of carbonyl (C=O) groups is 1. The van der Waals surface area contributed by atoms with E-state index in [0.717, 1.165) is 36.8 Å². The number of hydrogen-bond donors (Lipinski definition) is 1. The van der Waals surface area contributed by atoms with E-state index in [4.69, 9.17) is 10.7 Å². The van der Waals surface area contributed by atoms with Gasteiger partial charge in [-0.1, -0.05) is 0 Å². The molecule has 0 amide bonds. The Kier molecular flexibility index (Phi) is 6.02. The van der Waals surface area contributed by atoms with Crippen molar-refractivity contribution < 1.29 is 13.6 Å². The third-order valence-corrected chi connectivity index (χ3v) is 6.60. The number of likely N-dealkylation sites (N-methyl/N-ethyl adjacent to an activating group) is 1. The summed E-state index contributed by atoms with van der Waals surface area (Å²) < 4.78 is 30.0. The van der Waals surface area contributed by atoms with Gasteiger partial charge in [-0.15, -0.1) is 0 Å². The van der Waals surface area contributed by atoms with Gasteiger partial charge in [0.1, 0.15) is 28.9 Å². The Bertz CT molecular complexity index is 1410. The van der Waals surface area contributed by atoms with Crippen LogP contribution in [-0.2, 0) is 11.2 Å². The number of rotatable bonds is 6. The van der Waals surface area contributed by atoms with Gasteiger partial charge in [-0.25, -0.2) is 23.7 Å². The number of halogens is 2. The van der Waals surface area contributed by atoms with Crippen molar-refractivity contribution in [2.24, 2.45) is 0 Å². The summed E-state index contributed by atoms with van der Waals surface area (Å²) in [6, 6.07) is 6.82. The first kappa shape index (κ1) is 23.0. The first-order chi connectivity index (χ1) is 16.8. The number of aryl methyl sites for hydroxylation is 2. The monoisotopic (exact) mass is 476 g/mol. The van der Waals surface area contributed by atoms with Crippen LogP contribution >= 0.6 is 0 Å². The predicted octanol–water partition coefficient (Wildman–Crippen LogP) is 4.22. The Hall–Kier alpha value is -3.72. The highest BCUT2D eigenvalue weighted by atomic mass is 19.1. The van der Waals surface area contributed by atoms with Crippen molar-refractivity contribution in [2.45, 2.75) is 38.6 Å². The molecule has 1 saturated heterocycles. The van der Waals surface area contributed by atoms with Crippen LogP contribution in [0.15, 0.2) is 42.7 Å². The van der Waals surface area contributed by atoms with Gasteiger partial charge in [0.05, 0.1) is 23.1 Å². The van der Waals surface area contributed by atoms with Crippen LogP contribution in [0, 0.1) is 18.6 Å². The number of carbonyl (C=O) groups excluding carboxylic acids is 1. The molecule has 1 atom stereocenters. The lowest BCUT2D eigenvalue weighted by Crippen LogP contribution is -2.33. The number of pyridine rings is 1. The number of nitrogen functional groups attached to an aromatic ring is 1. The molecule has 3 aromatic heterocycles. The third kappa shape index (κ3) is 4.51. The van der Waals surface area contributed by atoms with Crippen LogP contribution in [0.2, 0.25) is 0 Å². The Balaban J connectivity index is 1.58. The van der Waals surface area contributed by atoms with Gasteiger partial charge in [0.25, 0.3) is 0 Å². The van der Waals surface area contributed by atoms with Crippen molar-refractivity contribution in [3.8, 4) is 22.5 Å². The molecule has 0 aliphatic carbocycles. The van der Waals surface area contributed by atoms with E-state index in [-0.39, 0.29) is 28.9 Å². The molecule has 0 bridgehead atoms. The van der Waals surface area contributed by atoms with Crippen LogP contribution in [0.1, 0.15) is 30.7 Å². The van der Waals surface area contributed by atoms with Crippen molar-refractivity contribution in [1.29, 1.82) is 0 Å². The Morgan fingerprint density at radius 3 is 2.57 bits per heavy atom. The van der Waals surface area contributed by atoms with E-state index >= 15 is 0 Å². The zero-order valence-electron chi connectivity index (χ0n) is 19.6. The third-order valence-electron chi connectivity index (χ3n) is 6.60. The first-order valence-electron chi connectivity index (χ1n) is 11.6. The van der Waals surface area contributed by atoms with Crippen LogP contribution in [0.5, 0.6) is 0 Å². The highest BCUT2D eigenvalue weighted by Crippen LogP contribution is 2.32. The highest BCUT2D eigenvalue weighted by molar-refractivity contribution is 5.85. The SMILES string of the molecule is Cc1cnc2ccc(-c3nc(CCC(=O)[C@H]4CCCN4C)c(N)nc3-c3cc(F)cc(F)c3)cn12. The number of likely N-dealkylation sites (tertiary alicyclic amines) is 1. The molecule has 0 saturated carbocycles. The zero-order valence-corrected chi connectivity index (χ0v) is 19.6. The number of hydrogen-bond acceptors (Lipinski definition) is 6. The van der Waals surface area contributed by atoms with E-state index < -0.39 is 11.6 Å². The van der Waals surface area contributed by atoms with Crippen molar-refractivity contribution in [3.05, 3.63) is 65.7 Å². The van der Waals surface area contributed by atoms with Crippen LogP contribution in [-0.4, -0.2) is 49.7 Å². The Morgan fingerprint density at radius 1 is 1.11 bits per heavy atom. The normalized spacial score (nSPS) is 16.3. The molecule has 9 heteroatoms. The van der Waals surface area contributed by atoms with Gasteiger partial charge in [0.15, 0.2) is 0 Å². The topological polar surface area (TPSA) is 89.4 Å². The molecule has 0 unspecified atom stereocenters. The molecule has 7 nitrogen and oxygen atoms in total. The Labute approximate surface area is 201 Å². The van der Waals surface area contributed by atoms with Gasteiger partial charge >= 0.3 is 0 Å². The Morgan fingerprint density at radius 2 is 1.86 bits per heavy atom. The van der Waals surface area contributed by atoms with Crippen molar-refractivity contribution >= 4 is 17.2 Å². The summed E-state index contributed by atoms with van der Waals surface area (Å²) in [5, 5.41) is 0. The average Bonchev–Trinajstić information content (AvgIpc) is 3.42. The molecule has 2 N–H and O–H groups in total. The molecule has 4 heterocycles. The van der Waals surface area contributed by atoms with E-state index in [0.29, 0.717) is 29.8 Å². The van der Waals surface area contributed by atoms with Crippen molar-refractivity contribution in [1.82, 2.24) is 24.3 Å². The van der Waals surface area contributed by atoms with E-state index in [1.165, 1.54) is 12.1 Å². The van der Waals surface area contributed by atoms with E-state index in [1.807, 2.05) is 36.7 Å². The number of anilines is 1. The number of imidazole rings is 1. The number of benzene rings is 1. The number of aromatic nitrogens is 4. The molecule has 180 valence electrons. The lowest BCUT2D eigenvalue weighted by atomic mass is 10.0. The second kappa shape index (κ2) is 9.14. The maximum Gasteiger partial charge on any atom is 0.150 e. The smallest absolute Gasteiger partial charge is 0.150 e. The fourth-order valence-corrected chi connectivity index (χ4v) is 4.73. The second-order valence-corrected chi connectivity index (χ2v) is 9.06. The maximum absolute atomic E-state index is 14.1. The number of Topliss-reactive ketones (excluding diaryl/α,β-unsaturated/α-hetero) is 1. The molecule has 1 fully saturated rings. The van der Waals surface area contributed by atoms with E-state index in [1.54, 1.807) is 6.20 Å². The van der Waals surface area contributed by atoms with Crippen LogP contribution in [0.25, 0.3) is 28.2 Å². The summed E-state index contributed by atoms with van der Waals surface area (Å²) in [6.45, 7) is 2.84. The van der Waals surface area contributed by atoms with Gasteiger partial charge in [-0.2, -0.15) is 0 Å². The highest BCUT2D eigenvalue weighted by Gasteiger charge is 2.27. The van der Waals surface area contributed by atoms with E-state index in [9.17, 15) is 13.6 Å². The molecule has 4 aromatic rings. The lowest BCUT2D eigenvalue weighted by molar-refractivity contribution is -0.122. The summed E-state index contributed by atoms with van der Waals surface area (Å²) in [6.07, 6.45) is 6.11. The molecular weight excluding hydrogens is 450 g/mol. The summed E-state index contributed by atoms with van der Waals surface area (Å²) in [4.78, 5) is 28.5. The predicted molar refractivity (Wildman–Crippen MR) is 130 cm³/mol. The molecule has 35 heavy (non-hydrogen) atoms. The average molecular weight is 477 g/mol. The minimum Gasteiger partial charge on any atom is -0.382 e. The fraction of sp³-hybridized carbons (Fsp3) is 0.308. The van der Waals surface area contributed by atoms with Crippen LogP contribution in [0.3, 0.4) is 0 Å². The fourth-order valence-electron chi connectivity index (χ4n) is 4.73. The molecule has 5 rings (SSSR count). The van der Waals surface area contributed by atoms with Gasteiger partial charge in [-0.05, 0) is 57.6 Å². The quantitative estimate of drug-likeness (QED) is 0.448. The number of ketones is 1. The largest absolute Gasteiger partial charge is 0.382 e. The summed E-state index contributed by atoms with van der Waals surface area (Å²) in [5.74, 6) is -1.15. The first-order valence-corrected chi connectivity index (χ1v) is 11.6. The van der Waals surface area contributed by atoms with Gasteiger partial charge in [-0.3, -0.25) is 9.69 Å². The standard InChI is InChI=1S/C26H26F2N6O/c1-15-13-30-23-8-5-16(14-34(15)23)24-25(17-10-18(27)12-19(28)11-17)32-26(29)20(31-24)6-7-22(35)21-4-3-9-33(21)2/h5,8,10-14,21H,3-4,6-7,9H2,1-2H3,(H2,29,32)/t21-/m1/s1. The van der Waals surface area contributed by atoms with E-state index in [2.05, 4.69) is 14.9 Å². The molecule has 1 aliphatic rings. The van der Waals surface area contributed by atoms with Crippen LogP contribution in [0.4, 0.5) is 14.6 Å². The number of fused-ring (bicyclic) bond motifs is 1. The number of nitrogens with zero attached hydrogens (tertiary/aromatic N) is 5. The number of nitrogens with two attached hydrogens (primary N) is 1. The van der Waals surface area contributed by atoms with Crippen molar-refractivity contribution in [2.75, 3.05) is 19.3 Å². The summed E-state index contributed by atoms with van der Waals surface area (Å²) in [5.41, 5.74) is 10.0. The molecular formula is C26H26F2N6O. The summed E-state index contributed by atoms with van der Waals surface area (Å²) >= 11 is 0. The van der Waals surface area contributed by atoms with Crippen LogP contribution < -0.4 is 5.73 Å². The second-order valence-electron chi connectivity index (χ2n) is 9.06. The zero-order chi connectivity index (χ0) is 24.7. The molecule has 1 aromatic carbocycles. The molecule has 0 radical (unpaired) electrons. The van der Waals surface area contributed by atoms with Gasteiger partial charge in [0, 0.05) is 48.1 Å². The minimum atomic E-state index is -0.720. The van der Waals surface area contributed by atoms with Crippen molar-refractivity contribution in [3.63, 3.8) is 0 Å². The molecule has 0 spiro atoms. The van der Waals surface area contributed by atoms with Gasteiger partial charge in [0.2, 0.25) is 0 Å². The molecule has 1 aliphatic heterocycles. The maximum atomic E-state index is 14.1. The van der Waals surface area contributed by atoms with Gasteiger partial charge < -0.3 is 10.1 Å². The summed E-state index contributed by atoms with van der Waals surface area (Å²) in [7, 11) is 1.96. The minimum absolute atomic E-state index is 0.0789. The lowest BCUT2D eigenvalue weighted by Gasteiger charge is -2.18.